The van der Waals surface area contributed by atoms with Gasteiger partial charge in [-0.1, -0.05) is 31.2 Å². The summed E-state index contributed by atoms with van der Waals surface area (Å²) in [6, 6.07) is 11.3. The summed E-state index contributed by atoms with van der Waals surface area (Å²) in [7, 11) is 2.01. The number of nitrogens with zero attached hydrogens (tertiary/aromatic N) is 1. The van der Waals surface area contributed by atoms with E-state index < -0.39 is 0 Å². The van der Waals surface area contributed by atoms with Crippen molar-refractivity contribution in [2.24, 2.45) is 0 Å². The molecule has 0 spiro atoms. The van der Waals surface area contributed by atoms with Crippen LogP contribution in [0.4, 0.5) is 0 Å². The first-order chi connectivity index (χ1) is 9.63. The number of hydrogen-bond acceptors (Lipinski definition) is 2. The molecule has 0 saturated carbocycles. The van der Waals surface area contributed by atoms with Gasteiger partial charge >= 0.3 is 0 Å². The molecule has 1 heterocycles. The predicted molar refractivity (Wildman–Crippen MR) is 85.0 cm³/mol. The Labute approximate surface area is 122 Å². The Morgan fingerprint density at radius 1 is 1.10 bits per heavy atom. The lowest BCUT2D eigenvalue weighted by molar-refractivity contribution is 0.583. The summed E-state index contributed by atoms with van der Waals surface area (Å²) in [6.45, 7) is 6.47. The summed E-state index contributed by atoms with van der Waals surface area (Å²) in [5.74, 6) is 0. The molecule has 2 nitrogen and oxygen atoms in total. The molecule has 0 fully saturated rings. The second-order valence-electron chi connectivity index (χ2n) is 5.40. The second-order valence-corrected chi connectivity index (χ2v) is 5.40. The Bertz CT molecular complexity index is 558. The lowest BCUT2D eigenvalue weighted by Gasteiger charge is -2.17. The average molecular weight is 268 g/mol. The number of aromatic nitrogens is 1. The van der Waals surface area contributed by atoms with Crippen molar-refractivity contribution in [2.45, 2.75) is 39.7 Å². The van der Waals surface area contributed by atoms with Crippen molar-refractivity contribution in [2.75, 3.05) is 7.05 Å². The number of rotatable bonds is 5. The minimum Gasteiger partial charge on any atom is -0.313 e. The number of benzene rings is 1. The fourth-order valence-electron chi connectivity index (χ4n) is 2.36. The van der Waals surface area contributed by atoms with Crippen LogP contribution in [0.2, 0.25) is 0 Å². The zero-order valence-electron chi connectivity index (χ0n) is 12.9. The molecule has 0 bridgehead atoms. The number of likely N-dealkylation sites (N-methyl/N-ethyl adjacent to an activating group) is 1. The summed E-state index contributed by atoms with van der Waals surface area (Å²) in [5, 5.41) is 3.40. The number of hydrogen-bond donors (Lipinski definition) is 1. The van der Waals surface area contributed by atoms with Crippen LogP contribution in [0.15, 0.2) is 36.5 Å². The van der Waals surface area contributed by atoms with E-state index in [1.807, 2.05) is 13.2 Å². The molecule has 1 N–H and O–H groups in total. The van der Waals surface area contributed by atoms with Crippen molar-refractivity contribution in [3.8, 4) is 0 Å². The Morgan fingerprint density at radius 2 is 1.90 bits per heavy atom. The van der Waals surface area contributed by atoms with Gasteiger partial charge < -0.3 is 5.32 Å². The van der Waals surface area contributed by atoms with E-state index in [0.29, 0.717) is 6.04 Å². The van der Waals surface area contributed by atoms with Gasteiger partial charge in [0.05, 0.1) is 0 Å². The van der Waals surface area contributed by atoms with Crippen LogP contribution < -0.4 is 5.32 Å². The molecule has 1 aromatic heterocycles. The van der Waals surface area contributed by atoms with Crippen LogP contribution in [0.25, 0.3) is 0 Å². The molecule has 0 aliphatic heterocycles. The normalized spacial score (nSPS) is 12.4. The molecular formula is C18H24N2. The topological polar surface area (TPSA) is 24.9 Å². The van der Waals surface area contributed by atoms with Crippen molar-refractivity contribution in [3.63, 3.8) is 0 Å². The molecule has 2 aromatic rings. The van der Waals surface area contributed by atoms with Gasteiger partial charge in [-0.25, -0.2) is 0 Å². The van der Waals surface area contributed by atoms with Crippen LogP contribution in [0.5, 0.6) is 0 Å². The maximum absolute atomic E-state index is 4.56. The van der Waals surface area contributed by atoms with Crippen LogP contribution >= 0.6 is 0 Å². The lowest BCUT2D eigenvalue weighted by Crippen LogP contribution is -2.19. The zero-order chi connectivity index (χ0) is 14.5. The molecule has 0 amide bonds. The Kier molecular flexibility index (Phi) is 4.91. The smallest absolute Gasteiger partial charge is 0.0422 e. The minimum atomic E-state index is 0.314. The third-order valence-electron chi connectivity index (χ3n) is 3.99. The van der Waals surface area contributed by atoms with Crippen LogP contribution in [0, 0.1) is 13.8 Å². The van der Waals surface area contributed by atoms with E-state index in [2.05, 4.69) is 61.4 Å². The molecule has 0 saturated heterocycles. The lowest BCUT2D eigenvalue weighted by atomic mass is 9.97. The summed E-state index contributed by atoms with van der Waals surface area (Å²) >= 11 is 0. The van der Waals surface area contributed by atoms with E-state index in [1.165, 1.54) is 22.3 Å². The maximum Gasteiger partial charge on any atom is 0.0422 e. The van der Waals surface area contributed by atoms with Gasteiger partial charge in [-0.3, -0.25) is 4.98 Å². The Balaban J connectivity index is 2.16. The number of pyridine rings is 1. The highest BCUT2D eigenvalue weighted by atomic mass is 14.9. The first kappa shape index (κ1) is 14.7. The molecule has 20 heavy (non-hydrogen) atoms. The molecule has 106 valence electrons. The largest absolute Gasteiger partial charge is 0.313 e. The van der Waals surface area contributed by atoms with Gasteiger partial charge in [0.1, 0.15) is 0 Å². The van der Waals surface area contributed by atoms with Crippen molar-refractivity contribution in [3.05, 3.63) is 64.5 Å². The summed E-state index contributed by atoms with van der Waals surface area (Å²) in [6.07, 6.45) is 3.95. The van der Waals surface area contributed by atoms with Crippen molar-refractivity contribution >= 4 is 0 Å². The van der Waals surface area contributed by atoms with Gasteiger partial charge in [0.15, 0.2) is 0 Å². The second kappa shape index (κ2) is 6.67. The fraction of sp³-hybridized carbons (Fsp3) is 0.389. The molecule has 2 heteroatoms. The van der Waals surface area contributed by atoms with Gasteiger partial charge in [0.2, 0.25) is 0 Å². The standard InChI is InChI=1S/C18H24N2/c1-5-15-7-9-17(20-12-15)11-18(19-4)16-8-6-13(2)14(3)10-16/h6-10,12,18-19H,5,11H2,1-4H3. The zero-order valence-corrected chi connectivity index (χ0v) is 12.9. The van der Waals surface area contributed by atoms with E-state index in [-0.39, 0.29) is 0 Å². The Hall–Kier alpha value is -1.67. The monoisotopic (exact) mass is 268 g/mol. The molecule has 0 aliphatic rings. The quantitative estimate of drug-likeness (QED) is 0.893. The molecule has 0 aliphatic carbocycles. The van der Waals surface area contributed by atoms with Crippen molar-refractivity contribution < 1.29 is 0 Å². The van der Waals surface area contributed by atoms with E-state index in [4.69, 9.17) is 0 Å². The highest BCUT2D eigenvalue weighted by Gasteiger charge is 2.11. The first-order valence-corrected chi connectivity index (χ1v) is 7.32. The van der Waals surface area contributed by atoms with Crippen LogP contribution in [0.3, 0.4) is 0 Å². The van der Waals surface area contributed by atoms with Gasteiger partial charge in [-0.15, -0.1) is 0 Å². The van der Waals surface area contributed by atoms with E-state index in [9.17, 15) is 0 Å². The summed E-state index contributed by atoms with van der Waals surface area (Å²) in [5.41, 5.74) is 6.45. The molecule has 1 aromatic carbocycles. The highest BCUT2D eigenvalue weighted by molar-refractivity contribution is 5.32. The van der Waals surface area contributed by atoms with Crippen molar-refractivity contribution in [1.82, 2.24) is 10.3 Å². The Morgan fingerprint density at radius 3 is 2.45 bits per heavy atom. The predicted octanol–water partition coefficient (Wildman–Crippen LogP) is 3.76. The van der Waals surface area contributed by atoms with E-state index in [1.54, 1.807) is 0 Å². The van der Waals surface area contributed by atoms with E-state index in [0.717, 1.165) is 18.5 Å². The van der Waals surface area contributed by atoms with Gasteiger partial charge in [0, 0.05) is 24.4 Å². The van der Waals surface area contributed by atoms with Crippen molar-refractivity contribution in [1.29, 1.82) is 0 Å². The number of aryl methyl sites for hydroxylation is 3. The van der Waals surface area contributed by atoms with Gasteiger partial charge in [-0.05, 0) is 55.6 Å². The molecule has 0 radical (unpaired) electrons. The van der Waals surface area contributed by atoms with Crippen LogP contribution in [-0.2, 0) is 12.8 Å². The first-order valence-electron chi connectivity index (χ1n) is 7.32. The fourth-order valence-corrected chi connectivity index (χ4v) is 2.36. The summed E-state index contributed by atoms with van der Waals surface area (Å²) < 4.78 is 0. The SMILES string of the molecule is CCc1ccc(CC(NC)c2ccc(C)c(C)c2)nc1. The van der Waals surface area contributed by atoms with Gasteiger partial charge in [-0.2, -0.15) is 0 Å². The van der Waals surface area contributed by atoms with Gasteiger partial charge in [0.25, 0.3) is 0 Å². The third-order valence-corrected chi connectivity index (χ3v) is 3.99. The summed E-state index contributed by atoms with van der Waals surface area (Å²) in [4.78, 5) is 4.56. The highest BCUT2D eigenvalue weighted by Crippen LogP contribution is 2.20. The molecule has 1 unspecified atom stereocenters. The number of nitrogens with one attached hydrogen (secondary N) is 1. The third kappa shape index (κ3) is 3.45. The molecule has 2 rings (SSSR count). The molecule has 1 atom stereocenters. The van der Waals surface area contributed by atoms with E-state index >= 15 is 0 Å². The maximum atomic E-state index is 4.56. The van der Waals surface area contributed by atoms with Crippen LogP contribution in [0.1, 0.15) is 40.9 Å². The minimum absolute atomic E-state index is 0.314. The molecular weight excluding hydrogens is 244 g/mol. The van der Waals surface area contributed by atoms with Crippen LogP contribution in [-0.4, -0.2) is 12.0 Å². The average Bonchev–Trinajstić information content (AvgIpc) is 2.48.